The average Bonchev–Trinajstić information content (AvgIpc) is 3.74. The van der Waals surface area contributed by atoms with E-state index in [-0.39, 0.29) is 41.3 Å². The Balaban J connectivity index is 0.843. The van der Waals surface area contributed by atoms with Gasteiger partial charge in [0, 0.05) is 62.5 Å². The number of H-pyrrole nitrogens is 1. The molecule has 0 bridgehead atoms. The number of hydrogen-bond acceptors (Lipinski definition) is 11. The van der Waals surface area contributed by atoms with E-state index in [1.807, 2.05) is 29.2 Å². The summed E-state index contributed by atoms with van der Waals surface area (Å²) in [5.74, 6) is -2.17. The number of aromatic nitrogens is 4. The first-order chi connectivity index (χ1) is 26.7. The molecule has 0 aliphatic carbocycles. The van der Waals surface area contributed by atoms with Crippen molar-refractivity contribution in [2.24, 2.45) is 0 Å². The van der Waals surface area contributed by atoms with Gasteiger partial charge in [0.15, 0.2) is 5.82 Å². The molecule has 3 aliphatic heterocycles. The second kappa shape index (κ2) is 14.6. The molecule has 1 unspecified atom stereocenters. The Morgan fingerprint density at radius 3 is 2.51 bits per heavy atom. The summed E-state index contributed by atoms with van der Waals surface area (Å²) in [6.07, 6.45) is 2.51. The summed E-state index contributed by atoms with van der Waals surface area (Å²) >= 11 is 0. The minimum absolute atomic E-state index is 0.0325. The number of carbonyl (C=O) groups excluding carboxylic acids is 5. The molecule has 3 aromatic carbocycles. The number of hydrogen-bond donors (Lipinski definition) is 3. The van der Waals surface area contributed by atoms with E-state index in [1.165, 1.54) is 13.2 Å². The zero-order valence-electron chi connectivity index (χ0n) is 29.8. The van der Waals surface area contributed by atoms with Gasteiger partial charge in [-0.05, 0) is 49.2 Å². The molecule has 5 aromatic rings. The predicted molar refractivity (Wildman–Crippen MR) is 199 cm³/mol. The highest BCUT2D eigenvalue weighted by molar-refractivity contribution is 6.25. The molecule has 2 saturated heterocycles. The number of ether oxygens (including phenoxy) is 1. The largest absolute Gasteiger partial charge is 0.496 e. The lowest BCUT2D eigenvalue weighted by molar-refractivity contribution is -0.136. The first kappa shape index (κ1) is 35.3. The van der Waals surface area contributed by atoms with Gasteiger partial charge in [0.2, 0.25) is 17.7 Å². The van der Waals surface area contributed by atoms with Gasteiger partial charge >= 0.3 is 0 Å². The highest BCUT2D eigenvalue weighted by atomic mass is 19.1. The van der Waals surface area contributed by atoms with Crippen molar-refractivity contribution in [2.75, 3.05) is 50.1 Å². The predicted octanol–water partition coefficient (Wildman–Crippen LogP) is 3.78. The summed E-state index contributed by atoms with van der Waals surface area (Å²) in [6.45, 7) is 2.84. The minimum atomic E-state index is -1.04. The van der Waals surface area contributed by atoms with Crippen molar-refractivity contribution in [3.8, 4) is 28.4 Å². The van der Waals surface area contributed by atoms with E-state index in [1.54, 1.807) is 36.5 Å². The molecule has 15 nitrogen and oxygen atoms in total. The van der Waals surface area contributed by atoms with Crippen LogP contribution in [0.5, 0.6) is 5.75 Å². The van der Waals surface area contributed by atoms with Crippen molar-refractivity contribution in [1.82, 2.24) is 35.3 Å². The van der Waals surface area contributed by atoms with E-state index in [9.17, 15) is 28.4 Å². The molecule has 1 atom stereocenters. The number of halogens is 1. The van der Waals surface area contributed by atoms with Crippen LogP contribution in [0.2, 0.25) is 0 Å². The molecule has 8 rings (SSSR count). The summed E-state index contributed by atoms with van der Waals surface area (Å²) in [4.78, 5) is 77.6. The number of fused-ring (bicyclic) bond motifs is 2. The summed E-state index contributed by atoms with van der Waals surface area (Å²) in [7, 11) is 1.47. The second-order valence-corrected chi connectivity index (χ2v) is 13.5. The standard InChI is InChI=1S/C39H36FN9O6/c1-55-29-8-3-6-25(40)33(29)36-42-21-27-35(44-36)34(46-45-27)22-10-12-23(13-11-22)47-17-19-48(20-18-47)31(51)9-4-16-41-26-7-2-5-24-32(26)39(54)49(38(24)53)28-14-15-30(50)43-37(28)52/h2-3,5-8,10-13,21,28,41H,4,9,14-20H2,1H3,(H,45,46)(H,43,50,52). The van der Waals surface area contributed by atoms with Crippen LogP contribution in [0, 0.1) is 5.82 Å². The number of nitrogens with one attached hydrogen (secondary N) is 3. The van der Waals surface area contributed by atoms with Crippen LogP contribution in [0.25, 0.3) is 33.7 Å². The van der Waals surface area contributed by atoms with Gasteiger partial charge in [0.25, 0.3) is 11.8 Å². The molecule has 2 aromatic heterocycles. The SMILES string of the molecule is COc1cccc(F)c1-c1ncc2[nH]nc(-c3ccc(N4CCN(C(=O)CCCNc5cccc6c5C(=O)N(C5CCC(=O)NC5=O)C6=O)CC4)cc3)c2n1. The van der Waals surface area contributed by atoms with Crippen LogP contribution in [-0.2, 0) is 14.4 Å². The summed E-state index contributed by atoms with van der Waals surface area (Å²) in [6, 6.07) is 16.3. The molecule has 2 fully saturated rings. The van der Waals surface area contributed by atoms with Crippen molar-refractivity contribution >= 4 is 51.9 Å². The zero-order chi connectivity index (χ0) is 38.2. The van der Waals surface area contributed by atoms with Crippen molar-refractivity contribution < 1.29 is 33.1 Å². The maximum Gasteiger partial charge on any atom is 0.264 e. The Kier molecular flexibility index (Phi) is 9.38. The van der Waals surface area contributed by atoms with Crippen LogP contribution in [0.4, 0.5) is 15.8 Å². The van der Waals surface area contributed by atoms with Crippen LogP contribution in [0.15, 0.2) is 66.9 Å². The maximum absolute atomic E-state index is 14.8. The number of nitrogens with zero attached hydrogens (tertiary/aromatic N) is 6. The fourth-order valence-corrected chi connectivity index (χ4v) is 7.35. The Morgan fingerprint density at radius 2 is 1.75 bits per heavy atom. The number of benzene rings is 3. The first-order valence-corrected chi connectivity index (χ1v) is 18.0. The number of piperidine rings is 1. The number of imide groups is 2. The number of amides is 5. The first-order valence-electron chi connectivity index (χ1n) is 18.0. The fourth-order valence-electron chi connectivity index (χ4n) is 7.35. The lowest BCUT2D eigenvalue weighted by Crippen LogP contribution is -2.54. The van der Waals surface area contributed by atoms with Crippen molar-refractivity contribution in [3.63, 3.8) is 0 Å². The number of methoxy groups -OCH3 is 1. The molecule has 0 spiro atoms. The van der Waals surface area contributed by atoms with Crippen LogP contribution in [-0.4, -0.2) is 105 Å². The van der Waals surface area contributed by atoms with Crippen molar-refractivity contribution in [2.45, 2.75) is 31.7 Å². The third-order valence-corrected chi connectivity index (χ3v) is 10.2. The topological polar surface area (TPSA) is 183 Å². The van der Waals surface area contributed by atoms with Gasteiger partial charge in [-0.3, -0.25) is 39.3 Å². The van der Waals surface area contributed by atoms with E-state index < -0.39 is 35.5 Å². The Morgan fingerprint density at radius 1 is 0.964 bits per heavy atom. The van der Waals surface area contributed by atoms with Gasteiger partial charge in [-0.25, -0.2) is 14.4 Å². The average molecular weight is 746 g/mol. The molecule has 0 saturated carbocycles. The third-order valence-electron chi connectivity index (χ3n) is 10.2. The number of carbonyl (C=O) groups is 5. The summed E-state index contributed by atoms with van der Waals surface area (Å²) in [5, 5.41) is 12.8. The molecule has 280 valence electrons. The molecular weight excluding hydrogens is 709 g/mol. The maximum atomic E-state index is 14.8. The second-order valence-electron chi connectivity index (χ2n) is 13.5. The van der Waals surface area contributed by atoms with Gasteiger partial charge in [-0.15, -0.1) is 0 Å². The lowest BCUT2D eigenvalue weighted by Gasteiger charge is -2.36. The van der Waals surface area contributed by atoms with Gasteiger partial charge in [0.1, 0.15) is 34.3 Å². The van der Waals surface area contributed by atoms with E-state index in [0.29, 0.717) is 73.7 Å². The molecule has 5 amide bonds. The molecule has 5 heterocycles. The molecule has 3 N–H and O–H groups in total. The normalized spacial score (nSPS) is 17.1. The molecular formula is C39H36FN9O6. The van der Waals surface area contributed by atoms with Crippen molar-refractivity contribution in [1.29, 1.82) is 0 Å². The number of piperazine rings is 1. The molecule has 3 aliphatic rings. The Bertz CT molecular complexity index is 2360. The van der Waals surface area contributed by atoms with Crippen LogP contribution < -0.4 is 20.3 Å². The Labute approximate surface area is 313 Å². The quantitative estimate of drug-likeness (QED) is 0.140. The van der Waals surface area contributed by atoms with Gasteiger partial charge in [0.05, 0.1) is 30.0 Å². The highest BCUT2D eigenvalue weighted by Gasteiger charge is 2.45. The van der Waals surface area contributed by atoms with Crippen molar-refractivity contribution in [3.05, 3.63) is 83.8 Å². The van der Waals surface area contributed by atoms with E-state index >= 15 is 0 Å². The van der Waals surface area contributed by atoms with Gasteiger partial charge < -0.3 is 19.9 Å². The number of anilines is 2. The van der Waals surface area contributed by atoms with Crippen LogP contribution in [0.3, 0.4) is 0 Å². The van der Waals surface area contributed by atoms with E-state index in [4.69, 9.17) is 4.74 Å². The summed E-state index contributed by atoms with van der Waals surface area (Å²) < 4.78 is 20.1. The lowest BCUT2D eigenvalue weighted by atomic mass is 10.0. The summed E-state index contributed by atoms with van der Waals surface area (Å²) in [5.41, 5.74) is 4.63. The van der Waals surface area contributed by atoms with Crippen LogP contribution in [0.1, 0.15) is 46.4 Å². The molecule has 16 heteroatoms. The zero-order valence-corrected chi connectivity index (χ0v) is 29.8. The van der Waals surface area contributed by atoms with Crippen LogP contribution >= 0.6 is 0 Å². The monoisotopic (exact) mass is 745 g/mol. The van der Waals surface area contributed by atoms with Gasteiger partial charge in [-0.2, -0.15) is 5.10 Å². The number of aromatic amines is 1. The van der Waals surface area contributed by atoms with E-state index in [2.05, 4.69) is 35.7 Å². The smallest absolute Gasteiger partial charge is 0.264 e. The van der Waals surface area contributed by atoms with Gasteiger partial charge in [-0.1, -0.05) is 24.3 Å². The Hall–Kier alpha value is -6.71. The van der Waals surface area contributed by atoms with E-state index in [0.717, 1.165) is 16.2 Å². The minimum Gasteiger partial charge on any atom is -0.496 e. The third kappa shape index (κ3) is 6.59. The number of rotatable bonds is 10. The fraction of sp³-hybridized carbons (Fsp3) is 0.282. The molecule has 55 heavy (non-hydrogen) atoms. The molecule has 0 radical (unpaired) electrons. The highest BCUT2D eigenvalue weighted by Crippen LogP contribution is 2.34.